The van der Waals surface area contributed by atoms with Gasteiger partial charge in [0.15, 0.2) is 0 Å². The van der Waals surface area contributed by atoms with Gasteiger partial charge in [-0.05, 0) is 55.3 Å². The number of benzene rings is 1. The zero-order valence-electron chi connectivity index (χ0n) is 19.7. The minimum absolute atomic E-state index is 0.0448. The molecule has 2 heterocycles. The van der Waals surface area contributed by atoms with Crippen molar-refractivity contribution in [2.45, 2.75) is 70.0 Å². The van der Waals surface area contributed by atoms with Crippen LogP contribution in [0.4, 0.5) is 18.9 Å². The number of hydrogen-bond acceptors (Lipinski definition) is 4. The Morgan fingerprint density at radius 2 is 1.77 bits per heavy atom. The normalized spacial score (nSPS) is 21.0. The average molecular weight is 495 g/mol. The number of halogens is 3. The second-order valence-corrected chi connectivity index (χ2v) is 9.50. The van der Waals surface area contributed by atoms with Crippen LogP contribution >= 0.6 is 0 Å². The van der Waals surface area contributed by atoms with E-state index in [1.807, 2.05) is 29.2 Å². The molecular weight excluding hydrogens is 461 g/mol. The van der Waals surface area contributed by atoms with E-state index in [-0.39, 0.29) is 17.9 Å². The molecule has 6 nitrogen and oxygen atoms in total. The van der Waals surface area contributed by atoms with Crippen LogP contribution in [0, 0.1) is 11.8 Å². The molecule has 9 heteroatoms. The van der Waals surface area contributed by atoms with E-state index >= 15 is 0 Å². The van der Waals surface area contributed by atoms with Gasteiger partial charge in [0.05, 0.1) is 6.04 Å². The van der Waals surface area contributed by atoms with Crippen molar-refractivity contribution >= 4 is 23.3 Å². The summed E-state index contributed by atoms with van der Waals surface area (Å²) in [6, 6.07) is 8.19. The Hall–Kier alpha value is -2.68. The molecule has 2 atom stereocenters. The fourth-order valence-electron chi connectivity index (χ4n) is 4.92. The zero-order chi connectivity index (χ0) is 25.4. The highest BCUT2D eigenvalue weighted by Gasteiger charge is 2.38. The maximum Gasteiger partial charge on any atom is 0.490 e. The van der Waals surface area contributed by atoms with E-state index in [4.69, 9.17) is 9.90 Å². The lowest BCUT2D eigenvalue weighted by molar-refractivity contribution is -0.192. The smallest absolute Gasteiger partial charge is 0.475 e. The molecule has 1 aromatic rings. The number of amides is 1. The molecule has 2 aliphatic heterocycles. The molecule has 0 spiro atoms. The first-order valence-corrected chi connectivity index (χ1v) is 12.3. The predicted molar refractivity (Wildman–Crippen MR) is 126 cm³/mol. The Kier molecular flexibility index (Phi) is 9.48. The number of fused-ring (bicyclic) bond motifs is 1. The largest absolute Gasteiger partial charge is 0.490 e. The topological polar surface area (TPSA) is 86.7 Å². The molecule has 2 N–H and O–H groups in total. The molecule has 4 rings (SSSR count). The number of Topliss-reactive ketones (excluding diaryl/α,β-unsaturated/α-hetero) is 1. The molecule has 0 radical (unpaired) electrons. The van der Waals surface area contributed by atoms with Gasteiger partial charge in [0.2, 0.25) is 0 Å². The summed E-state index contributed by atoms with van der Waals surface area (Å²) in [5.41, 5.74) is 2.28. The first-order valence-electron chi connectivity index (χ1n) is 12.3. The number of carboxylic acids is 1. The molecule has 3 aliphatic rings. The van der Waals surface area contributed by atoms with E-state index in [1.165, 1.54) is 37.7 Å². The summed E-state index contributed by atoms with van der Waals surface area (Å²) in [4.78, 5) is 36.2. The molecule has 1 amide bonds. The third-order valence-electron chi connectivity index (χ3n) is 6.94. The molecular formula is C26H33F3N2O4. The van der Waals surface area contributed by atoms with Crippen molar-refractivity contribution in [1.29, 1.82) is 0 Å². The van der Waals surface area contributed by atoms with Crippen molar-refractivity contribution in [2.24, 2.45) is 11.8 Å². The Labute approximate surface area is 203 Å². The number of allylic oxidation sites excluding steroid dienone is 1. The molecule has 1 aromatic carbocycles. The lowest BCUT2D eigenvalue weighted by atomic mass is 9.80. The lowest BCUT2D eigenvalue weighted by Gasteiger charge is -2.29. The maximum absolute atomic E-state index is 12.8. The Bertz CT molecular complexity index is 921. The van der Waals surface area contributed by atoms with Crippen LogP contribution in [-0.2, 0) is 20.8 Å². The summed E-state index contributed by atoms with van der Waals surface area (Å²) in [5, 5.41) is 10.4. The third-order valence-corrected chi connectivity index (χ3v) is 6.94. The van der Waals surface area contributed by atoms with Crippen molar-refractivity contribution in [3.63, 3.8) is 0 Å². The first-order chi connectivity index (χ1) is 16.6. The average Bonchev–Trinajstić information content (AvgIpc) is 3.21. The van der Waals surface area contributed by atoms with Gasteiger partial charge in [-0.2, -0.15) is 13.2 Å². The minimum atomic E-state index is -5.08. The number of ketones is 1. The molecule has 192 valence electrons. The lowest BCUT2D eigenvalue weighted by Crippen LogP contribution is -2.48. The summed E-state index contributed by atoms with van der Waals surface area (Å²) in [5.74, 6) is -1.51. The second kappa shape index (κ2) is 12.3. The van der Waals surface area contributed by atoms with Crippen LogP contribution in [-0.4, -0.2) is 48.1 Å². The van der Waals surface area contributed by atoms with E-state index < -0.39 is 12.1 Å². The van der Waals surface area contributed by atoms with Crippen LogP contribution in [0.3, 0.4) is 0 Å². The standard InChI is InChI=1S/C24H32N2O2.C2HF3O2/c27-23(21-12-14-25-21)17-19(16-18-6-2-1-3-7-18)10-11-24(28)26-15-13-20-8-4-5-9-22(20)26;3-2(4,5)1(6)7/h4-5,8-11,18-19,21,25H,1-3,6-7,12-17H2;(H,6,7)/b11-10+;/t19-,21+;/m1./s1. The van der Waals surface area contributed by atoms with E-state index in [0.29, 0.717) is 18.1 Å². The number of rotatable bonds is 7. The number of hydrogen-bond donors (Lipinski definition) is 2. The SMILES string of the molecule is O=C(C[C@H](/C=C/C(=O)N1CCc2ccccc21)CC1CCCCC1)[C@@H]1CCN1.O=C(O)C(F)(F)F. The van der Waals surface area contributed by atoms with Gasteiger partial charge >= 0.3 is 12.1 Å². The number of aliphatic carboxylic acids is 1. The van der Waals surface area contributed by atoms with Gasteiger partial charge in [-0.25, -0.2) is 4.79 Å². The Morgan fingerprint density at radius 3 is 2.37 bits per heavy atom. The van der Waals surface area contributed by atoms with Crippen LogP contribution in [0.15, 0.2) is 36.4 Å². The van der Waals surface area contributed by atoms with Gasteiger partial charge in [0.25, 0.3) is 5.91 Å². The number of anilines is 1. The van der Waals surface area contributed by atoms with Gasteiger partial charge < -0.3 is 15.3 Å². The summed E-state index contributed by atoms with van der Waals surface area (Å²) in [7, 11) is 0. The van der Waals surface area contributed by atoms with Crippen LogP contribution in [0.25, 0.3) is 0 Å². The van der Waals surface area contributed by atoms with Gasteiger partial charge in [-0.1, -0.05) is 56.4 Å². The molecule has 1 saturated carbocycles. The number of carboxylic acid groups (broad SMARTS) is 1. The third kappa shape index (κ3) is 7.92. The fourth-order valence-corrected chi connectivity index (χ4v) is 4.92. The van der Waals surface area contributed by atoms with Crippen LogP contribution in [0.5, 0.6) is 0 Å². The maximum atomic E-state index is 12.8. The van der Waals surface area contributed by atoms with Crippen molar-refractivity contribution in [3.8, 4) is 0 Å². The van der Waals surface area contributed by atoms with Crippen LogP contribution in [0.2, 0.25) is 0 Å². The quantitative estimate of drug-likeness (QED) is 0.538. The highest BCUT2D eigenvalue weighted by atomic mass is 19.4. The number of para-hydroxylation sites is 1. The molecule has 1 saturated heterocycles. The number of nitrogens with zero attached hydrogens (tertiary/aromatic N) is 1. The zero-order valence-corrected chi connectivity index (χ0v) is 19.7. The van der Waals surface area contributed by atoms with Crippen molar-refractivity contribution in [1.82, 2.24) is 5.32 Å². The number of alkyl halides is 3. The predicted octanol–water partition coefficient (Wildman–Crippen LogP) is 4.67. The number of carbonyl (C=O) groups is 3. The second-order valence-electron chi connectivity index (χ2n) is 9.50. The summed E-state index contributed by atoms with van der Waals surface area (Å²) in [6.45, 7) is 1.70. The van der Waals surface area contributed by atoms with E-state index in [9.17, 15) is 22.8 Å². The van der Waals surface area contributed by atoms with Gasteiger partial charge in [-0.3, -0.25) is 9.59 Å². The van der Waals surface area contributed by atoms with Crippen LogP contribution < -0.4 is 10.2 Å². The van der Waals surface area contributed by atoms with Crippen molar-refractivity contribution in [3.05, 3.63) is 42.0 Å². The number of carbonyl (C=O) groups excluding carboxylic acids is 2. The minimum Gasteiger partial charge on any atom is -0.475 e. The van der Waals surface area contributed by atoms with Gasteiger partial charge in [0, 0.05) is 18.7 Å². The van der Waals surface area contributed by atoms with E-state index in [2.05, 4.69) is 11.4 Å². The Balaban J connectivity index is 0.000000429. The molecule has 2 fully saturated rings. The highest BCUT2D eigenvalue weighted by molar-refractivity contribution is 6.03. The summed E-state index contributed by atoms with van der Waals surface area (Å²) < 4.78 is 31.7. The van der Waals surface area contributed by atoms with Gasteiger partial charge in [-0.15, -0.1) is 0 Å². The molecule has 0 bridgehead atoms. The van der Waals surface area contributed by atoms with Crippen molar-refractivity contribution in [2.75, 3.05) is 18.0 Å². The number of nitrogens with one attached hydrogen (secondary N) is 1. The van der Waals surface area contributed by atoms with E-state index in [1.54, 1.807) is 6.08 Å². The highest BCUT2D eigenvalue weighted by Crippen LogP contribution is 2.32. The summed E-state index contributed by atoms with van der Waals surface area (Å²) in [6.07, 6.45) is 8.68. The van der Waals surface area contributed by atoms with Crippen molar-refractivity contribution < 1.29 is 32.7 Å². The van der Waals surface area contributed by atoms with E-state index in [0.717, 1.165) is 38.0 Å². The molecule has 0 aromatic heterocycles. The molecule has 0 unspecified atom stereocenters. The van der Waals surface area contributed by atoms with Gasteiger partial charge in [0.1, 0.15) is 5.78 Å². The van der Waals surface area contributed by atoms with Crippen LogP contribution in [0.1, 0.15) is 56.9 Å². The molecule has 35 heavy (non-hydrogen) atoms. The summed E-state index contributed by atoms with van der Waals surface area (Å²) >= 11 is 0. The molecule has 1 aliphatic carbocycles. The Morgan fingerprint density at radius 1 is 1.11 bits per heavy atom. The monoisotopic (exact) mass is 494 g/mol. The first kappa shape index (κ1) is 26.9. The fraction of sp³-hybridized carbons (Fsp3) is 0.577.